The van der Waals surface area contributed by atoms with Crippen molar-refractivity contribution in [3.63, 3.8) is 0 Å². The topological polar surface area (TPSA) is 62.2 Å². The van der Waals surface area contributed by atoms with E-state index in [0.717, 1.165) is 25.7 Å². The van der Waals surface area contributed by atoms with Gasteiger partial charge in [-0.1, -0.05) is 36.0 Å². The van der Waals surface area contributed by atoms with Crippen LogP contribution in [-0.4, -0.2) is 28.1 Å². The normalized spacial score (nSPS) is 17.7. The van der Waals surface area contributed by atoms with Crippen LogP contribution < -0.4 is 5.32 Å². The van der Waals surface area contributed by atoms with Crippen molar-refractivity contribution in [3.05, 3.63) is 28.0 Å². The predicted molar refractivity (Wildman–Crippen MR) is 70.0 cm³/mol. The molecule has 1 aliphatic carbocycles. The molecule has 4 nitrogen and oxygen atoms in total. The first kappa shape index (κ1) is 13.6. The van der Waals surface area contributed by atoms with Gasteiger partial charge in [0.15, 0.2) is 0 Å². The standard InChI is InChI=1S/C12H14Cl2N2O2/c13-9-5-8(6-15-10(9)14)11(17)16-7-12(18)3-1-2-4-12/h5-6,18H,1-4,7H2,(H,16,17). The maximum Gasteiger partial charge on any atom is 0.253 e. The van der Waals surface area contributed by atoms with Gasteiger partial charge < -0.3 is 10.4 Å². The van der Waals surface area contributed by atoms with Gasteiger partial charge in [0.05, 0.1) is 16.2 Å². The molecule has 1 aromatic rings. The number of nitrogens with zero attached hydrogens (tertiary/aromatic N) is 1. The highest BCUT2D eigenvalue weighted by molar-refractivity contribution is 6.41. The van der Waals surface area contributed by atoms with Gasteiger partial charge in [0.1, 0.15) is 5.15 Å². The number of rotatable bonds is 3. The summed E-state index contributed by atoms with van der Waals surface area (Å²) in [5.41, 5.74) is -0.426. The van der Waals surface area contributed by atoms with Crippen molar-refractivity contribution < 1.29 is 9.90 Å². The Morgan fingerprint density at radius 2 is 2.11 bits per heavy atom. The van der Waals surface area contributed by atoms with E-state index < -0.39 is 5.60 Å². The lowest BCUT2D eigenvalue weighted by Crippen LogP contribution is -2.40. The van der Waals surface area contributed by atoms with Crippen LogP contribution in [0.3, 0.4) is 0 Å². The summed E-state index contributed by atoms with van der Waals surface area (Å²) in [6.45, 7) is 0.256. The third-order valence-corrected chi connectivity index (χ3v) is 3.86. The van der Waals surface area contributed by atoms with E-state index in [1.807, 2.05) is 0 Å². The molecule has 98 valence electrons. The Hall–Kier alpha value is -0.840. The number of hydrogen-bond donors (Lipinski definition) is 2. The van der Waals surface area contributed by atoms with E-state index in [1.165, 1.54) is 12.3 Å². The summed E-state index contributed by atoms with van der Waals surface area (Å²) in [5.74, 6) is -0.304. The Balaban J connectivity index is 1.97. The molecule has 0 radical (unpaired) electrons. The monoisotopic (exact) mass is 288 g/mol. The van der Waals surface area contributed by atoms with Gasteiger partial charge in [-0.15, -0.1) is 0 Å². The number of amides is 1. The van der Waals surface area contributed by atoms with E-state index in [4.69, 9.17) is 23.2 Å². The zero-order chi connectivity index (χ0) is 13.2. The van der Waals surface area contributed by atoms with Crippen LogP contribution in [-0.2, 0) is 0 Å². The molecule has 1 aliphatic rings. The number of aromatic nitrogens is 1. The Bertz CT molecular complexity index is 459. The summed E-state index contributed by atoms with van der Waals surface area (Å²) in [7, 11) is 0. The van der Waals surface area contributed by atoms with E-state index in [9.17, 15) is 9.90 Å². The van der Waals surface area contributed by atoms with E-state index in [0.29, 0.717) is 5.56 Å². The summed E-state index contributed by atoms with van der Waals surface area (Å²) in [4.78, 5) is 15.7. The molecule has 1 fully saturated rings. The lowest BCUT2D eigenvalue weighted by atomic mass is 10.0. The van der Waals surface area contributed by atoms with Crippen molar-refractivity contribution in [2.75, 3.05) is 6.54 Å². The van der Waals surface area contributed by atoms with Crippen LogP contribution in [0.5, 0.6) is 0 Å². The molecule has 2 N–H and O–H groups in total. The predicted octanol–water partition coefficient (Wildman–Crippen LogP) is 2.42. The Morgan fingerprint density at radius 1 is 1.44 bits per heavy atom. The van der Waals surface area contributed by atoms with E-state index >= 15 is 0 Å². The average Bonchev–Trinajstić information content (AvgIpc) is 2.77. The fraction of sp³-hybridized carbons (Fsp3) is 0.500. The van der Waals surface area contributed by atoms with E-state index in [1.54, 1.807) is 0 Å². The summed E-state index contributed by atoms with van der Waals surface area (Å²) >= 11 is 11.5. The average molecular weight is 289 g/mol. The molecule has 0 aliphatic heterocycles. The van der Waals surface area contributed by atoms with Crippen molar-refractivity contribution in [1.29, 1.82) is 0 Å². The van der Waals surface area contributed by atoms with Gasteiger partial charge in [0.2, 0.25) is 0 Å². The van der Waals surface area contributed by atoms with Crippen LogP contribution in [0, 0.1) is 0 Å². The Kier molecular flexibility index (Phi) is 4.10. The maximum absolute atomic E-state index is 11.8. The minimum atomic E-state index is -0.765. The van der Waals surface area contributed by atoms with Gasteiger partial charge >= 0.3 is 0 Å². The van der Waals surface area contributed by atoms with Crippen LogP contribution in [0.2, 0.25) is 10.2 Å². The minimum absolute atomic E-state index is 0.169. The molecule has 2 rings (SSSR count). The van der Waals surface area contributed by atoms with Gasteiger partial charge in [0.25, 0.3) is 5.91 Å². The highest BCUT2D eigenvalue weighted by Crippen LogP contribution is 2.28. The number of hydrogen-bond acceptors (Lipinski definition) is 3. The molecule has 0 unspecified atom stereocenters. The second kappa shape index (κ2) is 5.43. The van der Waals surface area contributed by atoms with Crippen molar-refractivity contribution in [1.82, 2.24) is 10.3 Å². The largest absolute Gasteiger partial charge is 0.388 e. The summed E-state index contributed by atoms with van der Waals surface area (Å²) in [5, 5.41) is 13.2. The van der Waals surface area contributed by atoms with Gasteiger partial charge in [-0.25, -0.2) is 4.98 Å². The fourth-order valence-corrected chi connectivity index (χ4v) is 2.37. The van der Waals surface area contributed by atoms with Crippen molar-refractivity contribution in [2.45, 2.75) is 31.3 Å². The lowest BCUT2D eigenvalue weighted by Gasteiger charge is -2.22. The summed E-state index contributed by atoms with van der Waals surface area (Å²) in [6, 6.07) is 1.46. The lowest BCUT2D eigenvalue weighted by molar-refractivity contribution is 0.0449. The summed E-state index contributed by atoms with van der Waals surface area (Å²) in [6.07, 6.45) is 4.82. The molecular formula is C12H14Cl2N2O2. The van der Waals surface area contributed by atoms with Gasteiger partial charge in [-0.2, -0.15) is 0 Å². The number of pyridine rings is 1. The molecule has 1 aromatic heterocycles. The van der Waals surface area contributed by atoms with E-state index in [2.05, 4.69) is 10.3 Å². The number of halogens is 2. The first-order valence-electron chi connectivity index (χ1n) is 5.82. The molecule has 0 aromatic carbocycles. The number of aliphatic hydroxyl groups is 1. The molecule has 6 heteroatoms. The van der Waals surface area contributed by atoms with Crippen LogP contribution >= 0.6 is 23.2 Å². The molecule has 0 saturated heterocycles. The third-order valence-electron chi connectivity index (χ3n) is 3.17. The number of carbonyl (C=O) groups excluding carboxylic acids is 1. The van der Waals surface area contributed by atoms with Crippen molar-refractivity contribution in [3.8, 4) is 0 Å². The van der Waals surface area contributed by atoms with Gasteiger partial charge in [0, 0.05) is 12.7 Å². The molecule has 0 atom stereocenters. The first-order chi connectivity index (χ1) is 8.50. The highest BCUT2D eigenvalue weighted by atomic mass is 35.5. The first-order valence-corrected chi connectivity index (χ1v) is 6.57. The number of nitrogens with one attached hydrogen (secondary N) is 1. The van der Waals surface area contributed by atoms with Gasteiger partial charge in [-0.05, 0) is 18.9 Å². The second-order valence-electron chi connectivity index (χ2n) is 4.61. The molecular weight excluding hydrogens is 275 g/mol. The third kappa shape index (κ3) is 3.13. The molecule has 1 saturated carbocycles. The molecule has 18 heavy (non-hydrogen) atoms. The van der Waals surface area contributed by atoms with Crippen LogP contribution in [0.25, 0.3) is 0 Å². The van der Waals surface area contributed by atoms with Crippen LogP contribution in [0.4, 0.5) is 0 Å². The zero-order valence-electron chi connectivity index (χ0n) is 9.75. The molecule has 0 spiro atoms. The fourth-order valence-electron chi connectivity index (χ4n) is 2.10. The summed E-state index contributed by atoms with van der Waals surface area (Å²) < 4.78 is 0. The van der Waals surface area contributed by atoms with Gasteiger partial charge in [-0.3, -0.25) is 4.79 Å². The van der Waals surface area contributed by atoms with Crippen LogP contribution in [0.1, 0.15) is 36.0 Å². The smallest absolute Gasteiger partial charge is 0.253 e. The second-order valence-corrected chi connectivity index (χ2v) is 5.38. The SMILES string of the molecule is O=C(NCC1(O)CCCC1)c1cnc(Cl)c(Cl)c1. The van der Waals surface area contributed by atoms with Crippen molar-refractivity contribution >= 4 is 29.1 Å². The molecule has 0 bridgehead atoms. The minimum Gasteiger partial charge on any atom is -0.388 e. The molecule has 1 heterocycles. The zero-order valence-corrected chi connectivity index (χ0v) is 11.3. The van der Waals surface area contributed by atoms with Crippen molar-refractivity contribution in [2.24, 2.45) is 0 Å². The number of carbonyl (C=O) groups is 1. The van der Waals surface area contributed by atoms with Crippen LogP contribution in [0.15, 0.2) is 12.3 Å². The Labute approximate surface area is 115 Å². The Morgan fingerprint density at radius 3 is 2.72 bits per heavy atom. The van der Waals surface area contributed by atoms with E-state index in [-0.39, 0.29) is 22.6 Å². The molecule has 1 amide bonds. The maximum atomic E-state index is 11.8. The quantitative estimate of drug-likeness (QED) is 0.840. The highest BCUT2D eigenvalue weighted by Gasteiger charge is 2.31.